The van der Waals surface area contributed by atoms with Crippen LogP contribution in [-0.4, -0.2) is 11.8 Å². The molecule has 2 aromatic rings. The quantitative estimate of drug-likeness (QED) is 0.696. The molecular weight excluding hydrogens is 392 g/mol. The summed E-state index contributed by atoms with van der Waals surface area (Å²) in [4.78, 5) is 25.2. The first-order valence-corrected chi connectivity index (χ1v) is 9.57. The Bertz CT molecular complexity index is 747. The van der Waals surface area contributed by atoms with Gasteiger partial charge in [0.1, 0.15) is 6.04 Å². The van der Waals surface area contributed by atoms with Gasteiger partial charge in [-0.3, -0.25) is 9.59 Å². The molecule has 0 heterocycles. The number of hydrogen-bond donors (Lipinski definition) is 2. The first kappa shape index (κ1) is 20.2. The fourth-order valence-electron chi connectivity index (χ4n) is 2.74. The largest absolute Gasteiger partial charge is 0.347 e. The molecule has 0 spiro atoms. The Balaban J connectivity index is 2.17. The first-order chi connectivity index (χ1) is 12.4. The van der Waals surface area contributed by atoms with Crippen molar-refractivity contribution in [1.29, 1.82) is 0 Å². The molecule has 2 rings (SSSR count). The molecule has 5 heteroatoms. The maximum absolute atomic E-state index is 12.9. The van der Waals surface area contributed by atoms with Crippen LogP contribution in [0.4, 0.5) is 0 Å². The third-order valence-electron chi connectivity index (χ3n) is 4.02. The molecule has 0 saturated heterocycles. The zero-order valence-corrected chi connectivity index (χ0v) is 16.9. The second-order valence-corrected chi connectivity index (χ2v) is 7.62. The van der Waals surface area contributed by atoms with E-state index in [9.17, 15) is 9.59 Å². The smallest absolute Gasteiger partial charge is 0.247 e. The minimum atomic E-state index is -0.715. The molecule has 2 atom stereocenters. The van der Waals surface area contributed by atoms with Crippen LogP contribution in [0.2, 0.25) is 0 Å². The molecule has 0 fully saturated rings. The van der Waals surface area contributed by atoms with Gasteiger partial charge in [-0.15, -0.1) is 0 Å². The van der Waals surface area contributed by atoms with Gasteiger partial charge in [-0.25, -0.2) is 0 Å². The van der Waals surface area contributed by atoms with E-state index in [0.717, 1.165) is 15.6 Å². The third kappa shape index (κ3) is 5.70. The number of halogens is 1. The molecule has 2 amide bonds. The van der Waals surface area contributed by atoms with Crippen molar-refractivity contribution in [2.24, 2.45) is 5.92 Å². The number of rotatable bonds is 7. The Morgan fingerprint density at radius 1 is 0.923 bits per heavy atom. The van der Waals surface area contributed by atoms with E-state index >= 15 is 0 Å². The van der Waals surface area contributed by atoms with Crippen LogP contribution in [0.1, 0.15) is 50.4 Å². The Morgan fingerprint density at radius 3 is 2.15 bits per heavy atom. The summed E-state index contributed by atoms with van der Waals surface area (Å²) in [5.74, 6) is -0.122. The van der Waals surface area contributed by atoms with Crippen LogP contribution in [0.3, 0.4) is 0 Å². The van der Waals surface area contributed by atoms with Crippen molar-refractivity contribution in [2.45, 2.75) is 39.3 Å². The van der Waals surface area contributed by atoms with Crippen molar-refractivity contribution in [2.75, 3.05) is 0 Å². The van der Waals surface area contributed by atoms with Gasteiger partial charge < -0.3 is 10.6 Å². The van der Waals surface area contributed by atoms with E-state index in [-0.39, 0.29) is 23.8 Å². The molecule has 2 aromatic carbocycles. The molecule has 4 nitrogen and oxygen atoms in total. The van der Waals surface area contributed by atoms with Gasteiger partial charge in [0.25, 0.3) is 0 Å². The van der Waals surface area contributed by atoms with E-state index in [4.69, 9.17) is 0 Å². The molecule has 0 bridgehead atoms. The maximum Gasteiger partial charge on any atom is 0.247 e. The molecule has 0 aliphatic heterocycles. The average molecular weight is 417 g/mol. The molecule has 0 aromatic heterocycles. The summed E-state index contributed by atoms with van der Waals surface area (Å²) in [6.45, 7) is 5.88. The molecular formula is C21H25BrN2O2. The van der Waals surface area contributed by atoms with Crippen molar-refractivity contribution in [3.63, 3.8) is 0 Å². The highest BCUT2D eigenvalue weighted by atomic mass is 79.9. The zero-order valence-electron chi connectivity index (χ0n) is 15.3. The van der Waals surface area contributed by atoms with E-state index in [2.05, 4.69) is 26.6 Å². The molecule has 0 aliphatic rings. The Kier molecular flexibility index (Phi) is 7.39. The minimum absolute atomic E-state index is 0.127. The Morgan fingerprint density at radius 2 is 1.54 bits per heavy atom. The van der Waals surface area contributed by atoms with Gasteiger partial charge in [0.05, 0.1) is 6.04 Å². The Hall–Kier alpha value is -2.14. The number of hydrogen-bond acceptors (Lipinski definition) is 2. The lowest BCUT2D eigenvalue weighted by atomic mass is 10.0. The van der Waals surface area contributed by atoms with E-state index < -0.39 is 6.04 Å². The van der Waals surface area contributed by atoms with Crippen LogP contribution in [0.15, 0.2) is 59.1 Å². The lowest BCUT2D eigenvalue weighted by Crippen LogP contribution is -2.41. The van der Waals surface area contributed by atoms with Crippen LogP contribution < -0.4 is 10.6 Å². The lowest BCUT2D eigenvalue weighted by molar-refractivity contribution is -0.130. The van der Waals surface area contributed by atoms with Crippen LogP contribution >= 0.6 is 15.9 Å². The normalized spacial score (nSPS) is 13.1. The van der Waals surface area contributed by atoms with E-state index in [1.54, 1.807) is 0 Å². The van der Waals surface area contributed by atoms with Crippen LogP contribution in [0, 0.1) is 5.92 Å². The SMILES string of the molecule is CC(C)CC(=O)NC(C(=O)NC(C)c1ccccc1Br)c1ccccc1. The number of carbonyl (C=O) groups is 2. The summed E-state index contributed by atoms with van der Waals surface area (Å²) in [6, 6.07) is 16.2. The highest BCUT2D eigenvalue weighted by molar-refractivity contribution is 9.10. The highest BCUT2D eigenvalue weighted by Gasteiger charge is 2.24. The van der Waals surface area contributed by atoms with Crippen molar-refractivity contribution >= 4 is 27.7 Å². The van der Waals surface area contributed by atoms with Crippen LogP contribution in [-0.2, 0) is 9.59 Å². The second-order valence-electron chi connectivity index (χ2n) is 6.76. The van der Waals surface area contributed by atoms with Crippen molar-refractivity contribution in [3.05, 3.63) is 70.2 Å². The fraction of sp³-hybridized carbons (Fsp3) is 0.333. The van der Waals surface area contributed by atoms with E-state index in [1.807, 2.05) is 75.4 Å². The third-order valence-corrected chi connectivity index (χ3v) is 4.75. The van der Waals surface area contributed by atoms with Crippen molar-refractivity contribution < 1.29 is 9.59 Å². The summed E-state index contributed by atoms with van der Waals surface area (Å²) < 4.78 is 0.938. The fourth-order valence-corrected chi connectivity index (χ4v) is 3.37. The summed E-state index contributed by atoms with van der Waals surface area (Å²) in [7, 11) is 0. The molecule has 2 N–H and O–H groups in total. The molecule has 26 heavy (non-hydrogen) atoms. The summed E-state index contributed by atoms with van der Waals surface area (Å²) in [6.07, 6.45) is 0.385. The van der Waals surface area contributed by atoms with Crippen molar-refractivity contribution in [1.82, 2.24) is 10.6 Å². The topological polar surface area (TPSA) is 58.2 Å². The van der Waals surface area contributed by atoms with Gasteiger partial charge in [0.15, 0.2) is 0 Å². The van der Waals surface area contributed by atoms with Gasteiger partial charge in [0, 0.05) is 10.9 Å². The standard InChI is InChI=1S/C21H25BrN2O2/c1-14(2)13-19(25)24-20(16-9-5-4-6-10-16)21(26)23-15(3)17-11-7-8-12-18(17)22/h4-12,14-15,20H,13H2,1-3H3,(H,23,26)(H,24,25). The lowest BCUT2D eigenvalue weighted by Gasteiger charge is -2.23. The summed E-state index contributed by atoms with van der Waals surface area (Å²) >= 11 is 3.52. The predicted octanol–water partition coefficient (Wildman–Crippen LogP) is 4.53. The van der Waals surface area contributed by atoms with Crippen molar-refractivity contribution in [3.8, 4) is 0 Å². The average Bonchev–Trinajstić information content (AvgIpc) is 2.60. The second kappa shape index (κ2) is 9.53. The summed E-state index contributed by atoms with van der Waals surface area (Å²) in [5, 5.41) is 5.88. The number of benzene rings is 2. The van der Waals surface area contributed by atoms with Gasteiger partial charge in [-0.2, -0.15) is 0 Å². The molecule has 0 radical (unpaired) electrons. The number of amides is 2. The van der Waals surface area contributed by atoms with Gasteiger partial charge in [0.2, 0.25) is 11.8 Å². The van der Waals surface area contributed by atoms with Gasteiger partial charge >= 0.3 is 0 Å². The van der Waals surface area contributed by atoms with Crippen LogP contribution in [0.5, 0.6) is 0 Å². The molecule has 0 saturated carbocycles. The van der Waals surface area contributed by atoms with Gasteiger partial charge in [-0.05, 0) is 30.0 Å². The molecule has 0 aliphatic carbocycles. The van der Waals surface area contributed by atoms with E-state index in [1.165, 1.54) is 0 Å². The molecule has 2 unspecified atom stereocenters. The monoisotopic (exact) mass is 416 g/mol. The zero-order chi connectivity index (χ0) is 19.1. The number of nitrogens with one attached hydrogen (secondary N) is 2. The predicted molar refractivity (Wildman–Crippen MR) is 107 cm³/mol. The minimum Gasteiger partial charge on any atom is -0.347 e. The first-order valence-electron chi connectivity index (χ1n) is 8.77. The highest BCUT2D eigenvalue weighted by Crippen LogP contribution is 2.24. The summed E-state index contributed by atoms with van der Waals surface area (Å²) in [5.41, 5.74) is 1.75. The maximum atomic E-state index is 12.9. The Labute approximate surface area is 163 Å². The van der Waals surface area contributed by atoms with E-state index in [0.29, 0.717) is 6.42 Å². The molecule has 138 valence electrons. The van der Waals surface area contributed by atoms with Crippen LogP contribution in [0.25, 0.3) is 0 Å². The van der Waals surface area contributed by atoms with Gasteiger partial charge in [-0.1, -0.05) is 78.3 Å². The number of carbonyl (C=O) groups excluding carboxylic acids is 2.